The van der Waals surface area contributed by atoms with Crippen molar-refractivity contribution in [3.05, 3.63) is 0 Å². The molecule has 0 aromatic carbocycles. The van der Waals surface area contributed by atoms with Gasteiger partial charge in [0.1, 0.15) is 18.3 Å². The smallest absolute Gasteiger partial charge is 0.160 e. The maximum Gasteiger partial charge on any atom is 0.160 e. The molecule has 0 unspecified atom stereocenters. The van der Waals surface area contributed by atoms with Crippen molar-refractivity contribution in [1.29, 1.82) is 0 Å². The minimum absolute atomic E-state index is 0.0528. The van der Waals surface area contributed by atoms with Gasteiger partial charge in [-0.3, -0.25) is 0 Å². The molecule has 4 atom stereocenters. The molecular weight excluding hydrogens is 364 g/mol. The van der Waals surface area contributed by atoms with Crippen molar-refractivity contribution in [3.63, 3.8) is 0 Å². The number of aliphatic hydroxyl groups excluding tert-OH is 3. The van der Waals surface area contributed by atoms with Crippen LogP contribution in [0.25, 0.3) is 0 Å². The Hall–Kier alpha value is -0.270. The predicted molar refractivity (Wildman–Crippen MR) is 112 cm³/mol. The van der Waals surface area contributed by atoms with Crippen molar-refractivity contribution in [3.8, 4) is 0 Å². The minimum atomic E-state index is -1.04. The van der Waals surface area contributed by atoms with E-state index in [2.05, 4.69) is 6.92 Å². The molecule has 1 aliphatic heterocycles. The fourth-order valence-corrected chi connectivity index (χ4v) is 3.77. The van der Waals surface area contributed by atoms with Crippen LogP contribution in [-0.2, 0) is 9.47 Å². The predicted octanol–water partition coefficient (Wildman–Crippen LogP) is 3.90. The quantitative estimate of drug-likeness (QED) is 0.267. The number of rotatable bonds is 16. The van der Waals surface area contributed by atoms with Gasteiger partial charge in [0.05, 0.1) is 13.2 Å². The van der Waals surface area contributed by atoms with Gasteiger partial charge in [0.25, 0.3) is 0 Å². The molecule has 0 aromatic heterocycles. The lowest BCUT2D eigenvalue weighted by Gasteiger charge is -2.25. The fourth-order valence-electron chi connectivity index (χ4n) is 3.50. The van der Waals surface area contributed by atoms with E-state index in [0.29, 0.717) is 11.5 Å². The standard InChI is InChI=1S/C21H40O5S/c1-2-3-4-5-6-7-8-9-10-11-12-13-14-19(27)26-18(15-22)21-20(24)17(23)16-25-21/h17-18,20-24H,2-16H2,1H3/t17-,18+,20+,21+/m1/s1. The van der Waals surface area contributed by atoms with Crippen LogP contribution in [0.3, 0.4) is 0 Å². The molecule has 0 bridgehead atoms. The second kappa shape index (κ2) is 15.6. The van der Waals surface area contributed by atoms with E-state index in [4.69, 9.17) is 21.7 Å². The Morgan fingerprint density at radius 2 is 1.48 bits per heavy atom. The maximum atomic E-state index is 9.85. The largest absolute Gasteiger partial charge is 0.479 e. The summed E-state index contributed by atoms with van der Waals surface area (Å²) < 4.78 is 10.9. The molecule has 0 spiro atoms. The number of thiocarbonyl (C=S) groups is 1. The highest BCUT2D eigenvalue weighted by Gasteiger charge is 2.41. The number of hydrogen-bond donors (Lipinski definition) is 3. The van der Waals surface area contributed by atoms with Gasteiger partial charge < -0.3 is 24.8 Å². The first-order chi connectivity index (χ1) is 13.1. The van der Waals surface area contributed by atoms with E-state index in [9.17, 15) is 15.3 Å². The van der Waals surface area contributed by atoms with Crippen LogP contribution >= 0.6 is 12.2 Å². The lowest BCUT2D eigenvalue weighted by molar-refractivity contribution is -0.0621. The summed E-state index contributed by atoms with van der Waals surface area (Å²) >= 11 is 5.25. The highest BCUT2D eigenvalue weighted by atomic mass is 32.1. The highest BCUT2D eigenvalue weighted by Crippen LogP contribution is 2.20. The van der Waals surface area contributed by atoms with Crippen LogP contribution in [0.5, 0.6) is 0 Å². The number of hydrogen-bond acceptors (Lipinski definition) is 6. The molecule has 6 heteroatoms. The van der Waals surface area contributed by atoms with Gasteiger partial charge in [0.2, 0.25) is 0 Å². The van der Waals surface area contributed by atoms with Gasteiger partial charge in [-0.15, -0.1) is 0 Å². The Labute approximate surface area is 170 Å². The number of aliphatic hydroxyl groups is 3. The minimum Gasteiger partial charge on any atom is -0.479 e. The van der Waals surface area contributed by atoms with Crippen LogP contribution in [0, 0.1) is 0 Å². The molecule has 160 valence electrons. The summed E-state index contributed by atoms with van der Waals surface area (Å²) in [5, 5.41) is 29.3. The molecule has 0 aromatic rings. The first kappa shape index (κ1) is 24.8. The van der Waals surface area contributed by atoms with Crippen molar-refractivity contribution >= 4 is 17.3 Å². The Kier molecular flexibility index (Phi) is 14.3. The summed E-state index contributed by atoms with van der Waals surface area (Å²) in [5.74, 6) is 0. The second-order valence-corrected chi connectivity index (χ2v) is 8.16. The van der Waals surface area contributed by atoms with Crippen LogP contribution in [0.2, 0.25) is 0 Å². The number of ether oxygens (including phenoxy) is 2. The number of unbranched alkanes of at least 4 members (excludes halogenated alkanes) is 11. The Bertz CT molecular complexity index is 380. The van der Waals surface area contributed by atoms with Crippen molar-refractivity contribution in [1.82, 2.24) is 0 Å². The first-order valence-electron chi connectivity index (χ1n) is 10.9. The normalized spacial score (nSPS) is 23.5. The van der Waals surface area contributed by atoms with Crippen LogP contribution < -0.4 is 0 Å². The van der Waals surface area contributed by atoms with Crippen molar-refractivity contribution in [2.45, 2.75) is 115 Å². The van der Waals surface area contributed by atoms with Crippen molar-refractivity contribution < 1.29 is 24.8 Å². The SMILES string of the molecule is CCCCCCCCCCCCCCC(=S)O[C@@H](CO)[C@@H]1OC[C@@H](O)[C@@H]1O. The molecule has 1 saturated heterocycles. The fraction of sp³-hybridized carbons (Fsp3) is 0.952. The summed E-state index contributed by atoms with van der Waals surface area (Å²) in [6.45, 7) is 2.01. The average molecular weight is 405 g/mol. The van der Waals surface area contributed by atoms with Crippen LogP contribution in [0.15, 0.2) is 0 Å². The molecule has 5 nitrogen and oxygen atoms in total. The first-order valence-corrected chi connectivity index (χ1v) is 11.3. The Morgan fingerprint density at radius 3 is 1.93 bits per heavy atom. The molecule has 0 aliphatic carbocycles. The molecule has 0 amide bonds. The molecule has 3 N–H and O–H groups in total. The van der Waals surface area contributed by atoms with E-state index in [1.165, 1.54) is 64.2 Å². The third-order valence-electron chi connectivity index (χ3n) is 5.25. The van der Waals surface area contributed by atoms with Gasteiger partial charge in [-0.25, -0.2) is 0 Å². The van der Waals surface area contributed by atoms with E-state index < -0.39 is 24.4 Å². The van der Waals surface area contributed by atoms with Crippen molar-refractivity contribution in [2.24, 2.45) is 0 Å². The average Bonchev–Trinajstić information content (AvgIpc) is 2.99. The zero-order chi connectivity index (χ0) is 19.9. The molecule has 1 aliphatic rings. The maximum absolute atomic E-state index is 9.85. The van der Waals surface area contributed by atoms with Gasteiger partial charge in [-0.2, -0.15) is 0 Å². The summed E-state index contributed by atoms with van der Waals surface area (Å²) in [4.78, 5) is 0. The highest BCUT2D eigenvalue weighted by molar-refractivity contribution is 7.80. The van der Waals surface area contributed by atoms with Gasteiger partial charge in [-0.1, -0.05) is 77.6 Å². The molecule has 0 saturated carbocycles. The zero-order valence-corrected chi connectivity index (χ0v) is 17.8. The summed E-state index contributed by atoms with van der Waals surface area (Å²) in [6, 6.07) is 0. The molecule has 27 heavy (non-hydrogen) atoms. The van der Waals surface area contributed by atoms with Crippen LogP contribution in [0.1, 0.15) is 90.4 Å². The van der Waals surface area contributed by atoms with Gasteiger partial charge >= 0.3 is 0 Å². The van der Waals surface area contributed by atoms with E-state index in [-0.39, 0.29) is 13.2 Å². The van der Waals surface area contributed by atoms with Gasteiger partial charge in [0.15, 0.2) is 11.2 Å². The topological polar surface area (TPSA) is 79.2 Å². The van der Waals surface area contributed by atoms with Crippen molar-refractivity contribution in [2.75, 3.05) is 13.2 Å². The van der Waals surface area contributed by atoms with E-state index in [1.807, 2.05) is 0 Å². The summed E-state index contributed by atoms with van der Waals surface area (Å²) in [6.07, 6.45) is 12.7. The van der Waals surface area contributed by atoms with E-state index in [1.54, 1.807) is 0 Å². The third-order valence-corrected chi connectivity index (χ3v) is 5.55. The summed E-state index contributed by atoms with van der Waals surface area (Å²) in [7, 11) is 0. The zero-order valence-electron chi connectivity index (χ0n) is 17.0. The molecule has 1 fully saturated rings. The van der Waals surface area contributed by atoms with Gasteiger partial charge in [-0.05, 0) is 18.6 Å². The molecule has 1 rings (SSSR count). The lowest BCUT2D eigenvalue weighted by Crippen LogP contribution is -2.42. The monoisotopic (exact) mass is 404 g/mol. The summed E-state index contributed by atoms with van der Waals surface area (Å²) in [5.41, 5.74) is 0. The van der Waals surface area contributed by atoms with Crippen LogP contribution in [0.4, 0.5) is 0 Å². The van der Waals surface area contributed by atoms with Crippen LogP contribution in [-0.4, -0.2) is 58.0 Å². The second-order valence-electron chi connectivity index (χ2n) is 7.71. The Balaban J connectivity index is 1.97. The Morgan fingerprint density at radius 1 is 0.963 bits per heavy atom. The van der Waals surface area contributed by atoms with Gasteiger partial charge in [0, 0.05) is 6.42 Å². The van der Waals surface area contributed by atoms with E-state index >= 15 is 0 Å². The van der Waals surface area contributed by atoms with E-state index in [0.717, 1.165) is 12.8 Å². The molecule has 0 radical (unpaired) electrons. The molecule has 1 heterocycles. The third kappa shape index (κ3) is 10.7. The molecular formula is C21H40O5S. The lowest BCUT2D eigenvalue weighted by atomic mass is 10.0.